The minimum Gasteiger partial charge on any atom is -0.496 e. The standard InChI is InChI=1S/C15H19N5O2S/c1-22-12-6-3-2-5-10(12)11-9-13(21)19-15(23)20(11)8-4-7-18-14(16)17/h2-3,5-6,9H,4,7-8H2,1H3,(H4,16,17,18)(H,19,21,23). The lowest BCUT2D eigenvalue weighted by Gasteiger charge is -2.15. The van der Waals surface area contributed by atoms with Crippen LogP contribution in [0.15, 0.2) is 40.1 Å². The van der Waals surface area contributed by atoms with E-state index in [-0.39, 0.29) is 11.5 Å². The van der Waals surface area contributed by atoms with E-state index in [2.05, 4.69) is 9.98 Å². The van der Waals surface area contributed by atoms with Gasteiger partial charge in [0.15, 0.2) is 10.7 Å². The van der Waals surface area contributed by atoms with Gasteiger partial charge in [0, 0.05) is 24.7 Å². The first-order chi connectivity index (χ1) is 11.0. The average molecular weight is 333 g/mol. The first kappa shape index (κ1) is 16.8. The third-order valence-electron chi connectivity index (χ3n) is 3.25. The van der Waals surface area contributed by atoms with Crippen LogP contribution >= 0.6 is 12.2 Å². The van der Waals surface area contributed by atoms with Crippen LogP contribution in [0.25, 0.3) is 11.3 Å². The number of ether oxygens (including phenoxy) is 1. The minimum atomic E-state index is -0.253. The molecule has 0 bridgehead atoms. The van der Waals surface area contributed by atoms with Gasteiger partial charge >= 0.3 is 0 Å². The first-order valence-electron chi connectivity index (χ1n) is 7.06. The van der Waals surface area contributed by atoms with Crippen LogP contribution in [0.4, 0.5) is 0 Å². The van der Waals surface area contributed by atoms with Crippen LogP contribution in [0.2, 0.25) is 0 Å². The van der Waals surface area contributed by atoms with Gasteiger partial charge in [-0.3, -0.25) is 14.8 Å². The van der Waals surface area contributed by atoms with Crippen LogP contribution in [0.5, 0.6) is 5.75 Å². The highest BCUT2D eigenvalue weighted by Crippen LogP contribution is 2.28. The van der Waals surface area contributed by atoms with Crippen molar-refractivity contribution >= 4 is 18.2 Å². The number of methoxy groups -OCH3 is 1. The zero-order chi connectivity index (χ0) is 16.8. The Balaban J connectivity index is 2.44. The molecule has 0 atom stereocenters. The second-order valence-corrected chi connectivity index (χ2v) is 5.22. The van der Waals surface area contributed by atoms with Gasteiger partial charge < -0.3 is 20.8 Å². The second-order valence-electron chi connectivity index (χ2n) is 4.84. The molecule has 0 radical (unpaired) electrons. The number of aromatic nitrogens is 2. The van der Waals surface area contributed by atoms with Crippen LogP contribution in [-0.2, 0) is 6.54 Å². The monoisotopic (exact) mass is 333 g/mol. The van der Waals surface area contributed by atoms with Gasteiger partial charge in [0.2, 0.25) is 0 Å². The average Bonchev–Trinajstić information content (AvgIpc) is 2.52. The third-order valence-corrected chi connectivity index (χ3v) is 3.57. The Morgan fingerprint density at radius 2 is 2.13 bits per heavy atom. The third kappa shape index (κ3) is 4.19. The molecule has 5 N–H and O–H groups in total. The summed E-state index contributed by atoms with van der Waals surface area (Å²) in [6.45, 7) is 1.05. The van der Waals surface area contributed by atoms with Crippen LogP contribution < -0.4 is 21.8 Å². The van der Waals surface area contributed by atoms with Gasteiger partial charge in [0.05, 0.1) is 12.8 Å². The van der Waals surface area contributed by atoms with Gasteiger partial charge in [0.1, 0.15) is 5.75 Å². The van der Waals surface area contributed by atoms with Crippen molar-refractivity contribution in [2.24, 2.45) is 16.5 Å². The number of rotatable bonds is 6. The van der Waals surface area contributed by atoms with Gasteiger partial charge in [0.25, 0.3) is 5.56 Å². The molecule has 0 aliphatic rings. The summed E-state index contributed by atoms with van der Waals surface area (Å²) in [4.78, 5) is 18.4. The van der Waals surface area contributed by atoms with Gasteiger partial charge in [-0.05, 0) is 30.8 Å². The van der Waals surface area contributed by atoms with Crippen LogP contribution in [0.1, 0.15) is 6.42 Å². The molecule has 0 fully saturated rings. The van der Waals surface area contributed by atoms with E-state index < -0.39 is 0 Å². The second kappa shape index (κ2) is 7.59. The predicted molar refractivity (Wildman–Crippen MR) is 93.2 cm³/mol. The summed E-state index contributed by atoms with van der Waals surface area (Å²) in [6.07, 6.45) is 0.681. The quantitative estimate of drug-likeness (QED) is 0.319. The molecule has 122 valence electrons. The number of hydrogen-bond acceptors (Lipinski definition) is 4. The molecule has 2 rings (SSSR count). The Hall–Kier alpha value is -2.61. The van der Waals surface area contributed by atoms with E-state index in [1.54, 1.807) is 7.11 Å². The Labute approximate surface area is 138 Å². The lowest BCUT2D eigenvalue weighted by Crippen LogP contribution is -2.23. The van der Waals surface area contributed by atoms with E-state index in [0.717, 1.165) is 5.56 Å². The van der Waals surface area contributed by atoms with Crippen molar-refractivity contribution in [3.05, 3.63) is 45.5 Å². The van der Waals surface area contributed by atoms with Crippen LogP contribution in [0, 0.1) is 4.77 Å². The molecular weight excluding hydrogens is 314 g/mol. The molecule has 23 heavy (non-hydrogen) atoms. The smallest absolute Gasteiger partial charge is 0.252 e. The number of H-pyrrole nitrogens is 1. The Morgan fingerprint density at radius 1 is 1.39 bits per heavy atom. The molecule has 7 nitrogen and oxygen atoms in total. The van der Waals surface area contributed by atoms with Gasteiger partial charge in [-0.15, -0.1) is 0 Å². The summed E-state index contributed by atoms with van der Waals surface area (Å²) in [6, 6.07) is 8.98. The number of aliphatic imine (C=N–C) groups is 1. The number of guanidine groups is 1. The van der Waals surface area contributed by atoms with Crippen molar-refractivity contribution in [2.75, 3.05) is 13.7 Å². The maximum Gasteiger partial charge on any atom is 0.252 e. The Kier molecular flexibility index (Phi) is 5.53. The van der Waals surface area contributed by atoms with Crippen molar-refractivity contribution in [2.45, 2.75) is 13.0 Å². The molecule has 0 amide bonds. The summed E-state index contributed by atoms with van der Waals surface area (Å²) < 4.78 is 7.57. The van der Waals surface area contributed by atoms with E-state index in [4.69, 9.17) is 28.4 Å². The Morgan fingerprint density at radius 3 is 2.83 bits per heavy atom. The summed E-state index contributed by atoms with van der Waals surface area (Å²) in [5, 5.41) is 0. The molecule has 2 aromatic rings. The molecule has 0 saturated heterocycles. The van der Waals surface area contributed by atoms with Crippen LogP contribution in [-0.4, -0.2) is 29.2 Å². The number of aromatic amines is 1. The van der Waals surface area contributed by atoms with Gasteiger partial charge in [-0.25, -0.2) is 0 Å². The van der Waals surface area contributed by atoms with Crippen molar-refractivity contribution < 1.29 is 4.74 Å². The lowest BCUT2D eigenvalue weighted by atomic mass is 10.1. The first-order valence-corrected chi connectivity index (χ1v) is 7.46. The van der Waals surface area contributed by atoms with E-state index in [9.17, 15) is 4.79 Å². The molecule has 1 heterocycles. The number of hydrogen-bond donors (Lipinski definition) is 3. The van der Waals surface area contributed by atoms with E-state index >= 15 is 0 Å². The maximum atomic E-state index is 11.8. The molecule has 1 aromatic heterocycles. The van der Waals surface area contributed by atoms with Crippen molar-refractivity contribution in [1.29, 1.82) is 0 Å². The Bertz CT molecular complexity index is 821. The SMILES string of the molecule is COc1ccccc1-c1cc(=O)[nH]c(=S)n1CCCN=C(N)N. The van der Waals surface area contributed by atoms with Crippen molar-refractivity contribution in [3.8, 4) is 17.0 Å². The highest BCUT2D eigenvalue weighted by Gasteiger charge is 2.11. The summed E-state index contributed by atoms with van der Waals surface area (Å²) in [5.41, 5.74) is 11.9. The van der Waals surface area contributed by atoms with Crippen LogP contribution in [0.3, 0.4) is 0 Å². The molecule has 0 saturated carbocycles. The number of para-hydroxylation sites is 1. The molecule has 8 heteroatoms. The molecular formula is C15H19N5O2S. The molecule has 0 unspecified atom stereocenters. The molecule has 1 aromatic carbocycles. The predicted octanol–water partition coefficient (Wildman–Crippen LogP) is 1.24. The molecule has 0 aliphatic heterocycles. The minimum absolute atomic E-state index is 0.0556. The number of nitrogens with two attached hydrogens (primary N) is 2. The lowest BCUT2D eigenvalue weighted by molar-refractivity contribution is 0.416. The maximum absolute atomic E-state index is 11.8. The summed E-state index contributed by atoms with van der Waals surface area (Å²) >= 11 is 5.29. The summed E-state index contributed by atoms with van der Waals surface area (Å²) in [5.74, 6) is 0.727. The van der Waals surface area contributed by atoms with E-state index in [1.807, 2.05) is 28.8 Å². The van der Waals surface area contributed by atoms with Crippen molar-refractivity contribution in [1.82, 2.24) is 9.55 Å². The highest BCUT2D eigenvalue weighted by molar-refractivity contribution is 7.71. The molecule has 0 aliphatic carbocycles. The number of benzene rings is 1. The molecule has 0 spiro atoms. The van der Waals surface area contributed by atoms with Gasteiger partial charge in [-0.2, -0.15) is 0 Å². The fraction of sp³-hybridized carbons (Fsp3) is 0.267. The zero-order valence-electron chi connectivity index (χ0n) is 12.8. The van der Waals surface area contributed by atoms with E-state index in [0.29, 0.717) is 35.7 Å². The fourth-order valence-electron chi connectivity index (χ4n) is 2.26. The summed E-state index contributed by atoms with van der Waals surface area (Å²) in [7, 11) is 1.59. The topological polar surface area (TPSA) is 111 Å². The van der Waals surface area contributed by atoms with Gasteiger partial charge in [-0.1, -0.05) is 12.1 Å². The zero-order valence-corrected chi connectivity index (χ0v) is 13.6. The number of nitrogens with zero attached hydrogens (tertiary/aromatic N) is 2. The number of nitrogens with one attached hydrogen (secondary N) is 1. The van der Waals surface area contributed by atoms with E-state index in [1.165, 1.54) is 6.07 Å². The van der Waals surface area contributed by atoms with Crippen molar-refractivity contribution in [3.63, 3.8) is 0 Å². The fourth-order valence-corrected chi connectivity index (χ4v) is 2.55. The normalized spacial score (nSPS) is 10.3. The largest absolute Gasteiger partial charge is 0.496 e. The highest BCUT2D eigenvalue weighted by atomic mass is 32.1.